The lowest BCUT2D eigenvalue weighted by Gasteiger charge is -2.33. The van der Waals surface area contributed by atoms with Gasteiger partial charge in [-0.05, 0) is 30.5 Å². The second-order valence-corrected chi connectivity index (χ2v) is 8.15. The van der Waals surface area contributed by atoms with Crippen LogP contribution >= 0.6 is 0 Å². The van der Waals surface area contributed by atoms with Crippen molar-refractivity contribution in [1.82, 2.24) is 20.1 Å². The van der Waals surface area contributed by atoms with Crippen LogP contribution in [0, 0.1) is 13.8 Å². The number of nitrogens with one attached hydrogen (secondary N) is 1. The highest BCUT2D eigenvalue weighted by Crippen LogP contribution is 2.38. The number of hydrogen-bond acceptors (Lipinski definition) is 6. The topological polar surface area (TPSA) is 87.5 Å². The summed E-state index contributed by atoms with van der Waals surface area (Å²) in [6, 6.07) is -0.216. The third kappa shape index (κ3) is 3.36. The van der Waals surface area contributed by atoms with E-state index in [9.17, 15) is 4.79 Å². The van der Waals surface area contributed by atoms with Crippen molar-refractivity contribution in [3.05, 3.63) is 58.6 Å². The molecule has 1 amide bonds. The van der Waals surface area contributed by atoms with Crippen molar-refractivity contribution in [1.29, 1.82) is 0 Å². The van der Waals surface area contributed by atoms with Crippen LogP contribution in [0.3, 0.4) is 0 Å². The zero-order valence-corrected chi connectivity index (χ0v) is 17.9. The van der Waals surface area contributed by atoms with Gasteiger partial charge in [0.1, 0.15) is 0 Å². The number of carbonyl (C=O) groups excluding carboxylic acids is 1. The third-order valence-electron chi connectivity index (χ3n) is 6.21. The number of carbonyl (C=O) groups is 1. The molecule has 0 saturated carbocycles. The molecule has 2 aromatic rings. The average molecular weight is 422 g/mol. The minimum absolute atomic E-state index is 0.00783. The molecule has 0 radical (unpaired) electrons. The van der Waals surface area contributed by atoms with Gasteiger partial charge < -0.3 is 19.5 Å². The van der Waals surface area contributed by atoms with E-state index in [0.29, 0.717) is 37.9 Å². The van der Waals surface area contributed by atoms with Gasteiger partial charge in [0, 0.05) is 17.7 Å². The maximum absolute atomic E-state index is 12.9. The Balaban J connectivity index is 1.53. The number of pyridine rings is 1. The van der Waals surface area contributed by atoms with Gasteiger partial charge in [-0.1, -0.05) is 18.2 Å². The molecule has 3 aliphatic rings. The van der Waals surface area contributed by atoms with E-state index in [2.05, 4.69) is 33.6 Å². The maximum Gasteiger partial charge on any atom is 0.255 e. The van der Waals surface area contributed by atoms with Gasteiger partial charge in [0.25, 0.3) is 5.91 Å². The highest BCUT2D eigenvalue weighted by atomic mass is 16.5. The van der Waals surface area contributed by atoms with Gasteiger partial charge >= 0.3 is 0 Å². The Morgan fingerprint density at radius 1 is 1.19 bits per heavy atom. The summed E-state index contributed by atoms with van der Waals surface area (Å²) in [5.41, 5.74) is 5.71. The van der Waals surface area contributed by atoms with E-state index in [1.165, 1.54) is 0 Å². The molecule has 162 valence electrons. The summed E-state index contributed by atoms with van der Waals surface area (Å²) >= 11 is 0. The van der Waals surface area contributed by atoms with Crippen LogP contribution < -0.4 is 10.1 Å². The smallest absolute Gasteiger partial charge is 0.255 e. The molecule has 8 heteroatoms. The lowest BCUT2D eigenvalue weighted by Crippen LogP contribution is -2.44. The van der Waals surface area contributed by atoms with Crippen molar-refractivity contribution in [2.45, 2.75) is 31.8 Å². The summed E-state index contributed by atoms with van der Waals surface area (Å²) in [6.45, 7) is 6.24. The summed E-state index contributed by atoms with van der Waals surface area (Å²) < 4.78 is 18.7. The van der Waals surface area contributed by atoms with E-state index >= 15 is 0 Å². The Morgan fingerprint density at radius 3 is 2.71 bits per heavy atom. The number of methoxy groups -OCH3 is 1. The number of ether oxygens (including phenoxy) is 3. The standard InChI is InChI=1S/C23H26N4O4/c1-13-9-24-23(29-3)14(2)20(13)15-4-5-17-19(8-15)26-22(28)18-10-25-27(21(17)18)16-11-30-6-7-31-12-16/h4-5,8-10,16-17,19H,6-7,11-12H2,1-3H3,(H,26,28). The Bertz CT molecular complexity index is 1080. The zero-order valence-electron chi connectivity index (χ0n) is 17.9. The number of aromatic nitrogens is 3. The van der Waals surface area contributed by atoms with Crippen molar-refractivity contribution in [3.8, 4) is 5.88 Å². The van der Waals surface area contributed by atoms with Crippen LogP contribution in [0.15, 0.2) is 30.6 Å². The Kier molecular flexibility index (Phi) is 5.11. The molecule has 8 nitrogen and oxygen atoms in total. The van der Waals surface area contributed by atoms with Crippen LogP contribution in [0.1, 0.15) is 44.7 Å². The fourth-order valence-electron chi connectivity index (χ4n) is 4.75. The normalized spacial score (nSPS) is 23.5. The van der Waals surface area contributed by atoms with Crippen molar-refractivity contribution >= 4 is 11.5 Å². The molecule has 1 N–H and O–H groups in total. The summed E-state index contributed by atoms with van der Waals surface area (Å²) in [4.78, 5) is 17.2. The average Bonchev–Trinajstić information content (AvgIpc) is 3.03. The van der Waals surface area contributed by atoms with E-state index < -0.39 is 0 Å². The fraction of sp³-hybridized carbons (Fsp3) is 0.435. The van der Waals surface area contributed by atoms with Gasteiger partial charge in [-0.3, -0.25) is 9.48 Å². The predicted octanol–water partition coefficient (Wildman–Crippen LogP) is 2.34. The first-order valence-electron chi connectivity index (χ1n) is 10.5. The summed E-state index contributed by atoms with van der Waals surface area (Å²) in [7, 11) is 1.63. The number of aryl methyl sites for hydroxylation is 1. The van der Waals surface area contributed by atoms with Crippen LogP contribution in [0.5, 0.6) is 5.88 Å². The van der Waals surface area contributed by atoms with Gasteiger partial charge in [-0.15, -0.1) is 0 Å². The highest BCUT2D eigenvalue weighted by Gasteiger charge is 2.38. The Morgan fingerprint density at radius 2 is 1.97 bits per heavy atom. The van der Waals surface area contributed by atoms with Crippen molar-refractivity contribution in [2.75, 3.05) is 33.5 Å². The molecule has 0 bridgehead atoms. The molecule has 2 aromatic heterocycles. The van der Waals surface area contributed by atoms with Gasteiger partial charge in [-0.25, -0.2) is 4.98 Å². The second-order valence-electron chi connectivity index (χ2n) is 8.15. The molecule has 0 spiro atoms. The number of nitrogens with zero attached hydrogens (tertiary/aromatic N) is 3. The minimum Gasteiger partial charge on any atom is -0.481 e. The molecule has 5 rings (SSSR count). The van der Waals surface area contributed by atoms with Crippen molar-refractivity contribution < 1.29 is 19.0 Å². The molecule has 1 saturated heterocycles. The molecule has 31 heavy (non-hydrogen) atoms. The number of fused-ring (bicyclic) bond motifs is 3. The lowest BCUT2D eigenvalue weighted by atomic mass is 9.81. The first kappa shape index (κ1) is 20.0. The van der Waals surface area contributed by atoms with Gasteiger partial charge in [0.2, 0.25) is 5.88 Å². The molecule has 2 unspecified atom stereocenters. The molecule has 4 heterocycles. The van der Waals surface area contributed by atoms with E-state index in [1.807, 2.05) is 24.7 Å². The summed E-state index contributed by atoms with van der Waals surface area (Å²) in [5, 5.41) is 7.69. The monoisotopic (exact) mass is 422 g/mol. The number of amides is 1. The Labute approximate surface area is 180 Å². The highest BCUT2D eigenvalue weighted by molar-refractivity contribution is 5.98. The fourth-order valence-corrected chi connectivity index (χ4v) is 4.75. The SMILES string of the molecule is COc1ncc(C)c(C2=CC3NC(=O)c4cnn(C5COCCOC5)c4C3C=C2)c1C. The maximum atomic E-state index is 12.9. The number of allylic oxidation sites excluding steroid dienone is 2. The summed E-state index contributed by atoms with van der Waals surface area (Å²) in [6.07, 6.45) is 9.87. The van der Waals surface area contributed by atoms with Crippen LogP contribution in [0.4, 0.5) is 0 Å². The van der Waals surface area contributed by atoms with Crippen LogP contribution in [-0.4, -0.2) is 60.3 Å². The van der Waals surface area contributed by atoms with E-state index in [4.69, 9.17) is 14.2 Å². The zero-order chi connectivity index (χ0) is 21.5. The first-order chi connectivity index (χ1) is 15.1. The molecule has 2 atom stereocenters. The number of hydrogen-bond donors (Lipinski definition) is 1. The quantitative estimate of drug-likeness (QED) is 0.817. The van der Waals surface area contributed by atoms with E-state index in [0.717, 1.165) is 28.0 Å². The molecule has 1 aliphatic carbocycles. The molecule has 2 aliphatic heterocycles. The van der Waals surface area contributed by atoms with Crippen LogP contribution in [-0.2, 0) is 9.47 Å². The van der Waals surface area contributed by atoms with E-state index in [-0.39, 0.29) is 23.9 Å². The minimum atomic E-state index is -0.166. The third-order valence-corrected chi connectivity index (χ3v) is 6.21. The Hall–Kier alpha value is -2.97. The predicted molar refractivity (Wildman–Crippen MR) is 114 cm³/mol. The van der Waals surface area contributed by atoms with E-state index in [1.54, 1.807) is 13.3 Å². The first-order valence-corrected chi connectivity index (χ1v) is 10.5. The largest absolute Gasteiger partial charge is 0.481 e. The van der Waals surface area contributed by atoms with Crippen molar-refractivity contribution in [2.24, 2.45) is 0 Å². The lowest BCUT2D eigenvalue weighted by molar-refractivity contribution is 0.0924. The van der Waals surface area contributed by atoms with Gasteiger partial charge in [-0.2, -0.15) is 5.10 Å². The number of rotatable bonds is 3. The van der Waals surface area contributed by atoms with Gasteiger partial charge in [0.15, 0.2) is 0 Å². The van der Waals surface area contributed by atoms with Crippen LogP contribution in [0.25, 0.3) is 5.57 Å². The van der Waals surface area contributed by atoms with Crippen molar-refractivity contribution in [3.63, 3.8) is 0 Å². The van der Waals surface area contributed by atoms with Crippen LogP contribution in [0.2, 0.25) is 0 Å². The second kappa shape index (κ2) is 7.94. The molecular weight excluding hydrogens is 396 g/mol. The van der Waals surface area contributed by atoms with Gasteiger partial charge in [0.05, 0.1) is 63.1 Å². The molecule has 1 fully saturated rings. The summed E-state index contributed by atoms with van der Waals surface area (Å²) in [5.74, 6) is 0.495. The molecular formula is C23H26N4O4. The molecule has 0 aromatic carbocycles.